The van der Waals surface area contributed by atoms with Gasteiger partial charge >= 0.3 is 0 Å². The standard InChI is InChI=1S/C19H21ClN2O2/c1-2-7-19-21-16-9-4-5-10-17(16)22(19)12-14(23)13-24-18-11-6-3-8-15(18)20/h3-6,8-11,14,23H,2,7,12-13H2,1H3. The van der Waals surface area contributed by atoms with E-state index in [1.54, 1.807) is 12.1 Å². The van der Waals surface area contributed by atoms with Gasteiger partial charge in [0.05, 0.1) is 22.6 Å². The number of aryl methyl sites for hydroxylation is 1. The first-order chi connectivity index (χ1) is 11.7. The third-order valence-electron chi connectivity index (χ3n) is 3.87. The molecule has 1 unspecified atom stereocenters. The molecule has 0 radical (unpaired) electrons. The van der Waals surface area contributed by atoms with Crippen molar-refractivity contribution in [1.29, 1.82) is 0 Å². The number of hydrogen-bond acceptors (Lipinski definition) is 3. The number of ether oxygens (including phenoxy) is 1. The molecule has 0 aliphatic carbocycles. The molecule has 2 aromatic carbocycles. The highest BCUT2D eigenvalue weighted by Gasteiger charge is 2.14. The molecule has 0 fully saturated rings. The smallest absolute Gasteiger partial charge is 0.138 e. The fourth-order valence-electron chi connectivity index (χ4n) is 2.75. The number of rotatable bonds is 7. The van der Waals surface area contributed by atoms with Crippen molar-refractivity contribution in [2.24, 2.45) is 0 Å². The Morgan fingerprint density at radius 3 is 2.71 bits per heavy atom. The van der Waals surface area contributed by atoms with Gasteiger partial charge in [-0.1, -0.05) is 42.8 Å². The van der Waals surface area contributed by atoms with Gasteiger partial charge < -0.3 is 14.4 Å². The number of benzene rings is 2. The van der Waals surface area contributed by atoms with E-state index in [4.69, 9.17) is 16.3 Å². The minimum atomic E-state index is -0.644. The van der Waals surface area contributed by atoms with Gasteiger partial charge in [0.25, 0.3) is 0 Å². The zero-order valence-corrected chi connectivity index (χ0v) is 14.4. The molecule has 3 rings (SSSR count). The number of fused-ring (bicyclic) bond motifs is 1. The maximum Gasteiger partial charge on any atom is 0.138 e. The summed E-state index contributed by atoms with van der Waals surface area (Å²) in [5.41, 5.74) is 2.00. The lowest BCUT2D eigenvalue weighted by Gasteiger charge is -2.16. The Morgan fingerprint density at radius 1 is 1.17 bits per heavy atom. The molecule has 0 saturated heterocycles. The van der Waals surface area contributed by atoms with Gasteiger partial charge in [-0.3, -0.25) is 0 Å². The Labute approximate surface area is 146 Å². The molecule has 1 N–H and O–H groups in total. The number of nitrogens with zero attached hydrogens (tertiary/aromatic N) is 2. The number of aliphatic hydroxyl groups excluding tert-OH is 1. The van der Waals surface area contributed by atoms with Gasteiger partial charge in [-0.25, -0.2) is 4.98 Å². The third-order valence-corrected chi connectivity index (χ3v) is 4.18. The Kier molecular flexibility index (Phi) is 5.38. The monoisotopic (exact) mass is 344 g/mol. The number of aromatic nitrogens is 2. The van der Waals surface area contributed by atoms with Gasteiger partial charge in [0.1, 0.15) is 24.3 Å². The number of hydrogen-bond donors (Lipinski definition) is 1. The van der Waals surface area contributed by atoms with Crippen LogP contribution in [0.1, 0.15) is 19.2 Å². The van der Waals surface area contributed by atoms with E-state index in [1.807, 2.05) is 36.4 Å². The maximum absolute atomic E-state index is 10.4. The molecule has 4 nitrogen and oxygen atoms in total. The second kappa shape index (κ2) is 7.69. The van der Waals surface area contributed by atoms with E-state index in [1.165, 1.54) is 0 Å². The molecule has 5 heteroatoms. The Morgan fingerprint density at radius 2 is 1.92 bits per heavy atom. The number of para-hydroxylation sites is 3. The van der Waals surface area contributed by atoms with Crippen LogP contribution >= 0.6 is 11.6 Å². The van der Waals surface area contributed by atoms with E-state index in [9.17, 15) is 5.11 Å². The molecule has 24 heavy (non-hydrogen) atoms. The lowest BCUT2D eigenvalue weighted by Crippen LogP contribution is -2.24. The van der Waals surface area contributed by atoms with Crippen LogP contribution in [-0.2, 0) is 13.0 Å². The van der Waals surface area contributed by atoms with Crippen molar-refractivity contribution in [2.45, 2.75) is 32.4 Å². The number of halogens is 1. The first kappa shape index (κ1) is 16.8. The molecule has 1 heterocycles. The van der Waals surface area contributed by atoms with Crippen molar-refractivity contribution in [2.75, 3.05) is 6.61 Å². The maximum atomic E-state index is 10.4. The lowest BCUT2D eigenvalue weighted by molar-refractivity contribution is 0.0927. The average Bonchev–Trinajstić information content (AvgIpc) is 2.92. The van der Waals surface area contributed by atoms with Crippen molar-refractivity contribution < 1.29 is 9.84 Å². The Bertz CT molecular complexity index is 816. The van der Waals surface area contributed by atoms with Crippen LogP contribution in [0.25, 0.3) is 11.0 Å². The van der Waals surface area contributed by atoms with Crippen LogP contribution in [0.4, 0.5) is 0 Å². The Hall–Kier alpha value is -2.04. The molecule has 3 aromatic rings. The summed E-state index contributed by atoms with van der Waals surface area (Å²) in [4.78, 5) is 4.68. The molecule has 0 saturated carbocycles. The molecule has 1 aromatic heterocycles. The summed E-state index contributed by atoms with van der Waals surface area (Å²) < 4.78 is 7.73. The molecule has 126 valence electrons. The average molecular weight is 345 g/mol. The summed E-state index contributed by atoms with van der Waals surface area (Å²) in [5, 5.41) is 11.0. The fourth-order valence-corrected chi connectivity index (χ4v) is 2.95. The van der Waals surface area contributed by atoms with Gasteiger partial charge in [-0.2, -0.15) is 0 Å². The van der Waals surface area contributed by atoms with Crippen LogP contribution in [0.3, 0.4) is 0 Å². The van der Waals surface area contributed by atoms with Crippen LogP contribution in [0.15, 0.2) is 48.5 Å². The normalized spacial score (nSPS) is 12.5. The highest BCUT2D eigenvalue weighted by molar-refractivity contribution is 6.32. The Balaban J connectivity index is 1.74. The summed E-state index contributed by atoms with van der Waals surface area (Å²) in [6.45, 7) is 2.75. The van der Waals surface area contributed by atoms with Crippen LogP contribution in [-0.4, -0.2) is 27.4 Å². The van der Waals surface area contributed by atoms with E-state index >= 15 is 0 Å². The molecule has 0 aliphatic rings. The van der Waals surface area contributed by atoms with Crippen molar-refractivity contribution >= 4 is 22.6 Å². The van der Waals surface area contributed by atoms with Crippen LogP contribution < -0.4 is 4.74 Å². The molecule has 1 atom stereocenters. The first-order valence-corrected chi connectivity index (χ1v) is 8.56. The molecule has 0 aliphatic heterocycles. The van der Waals surface area contributed by atoms with E-state index in [2.05, 4.69) is 16.5 Å². The van der Waals surface area contributed by atoms with Gasteiger partial charge in [0.2, 0.25) is 0 Å². The predicted molar refractivity (Wildman–Crippen MR) is 96.7 cm³/mol. The van der Waals surface area contributed by atoms with Crippen molar-refractivity contribution in [1.82, 2.24) is 9.55 Å². The van der Waals surface area contributed by atoms with Gasteiger partial charge in [-0.15, -0.1) is 0 Å². The quantitative estimate of drug-likeness (QED) is 0.702. The van der Waals surface area contributed by atoms with Crippen LogP contribution in [0, 0.1) is 0 Å². The van der Waals surface area contributed by atoms with Crippen LogP contribution in [0.5, 0.6) is 5.75 Å². The van der Waals surface area contributed by atoms with Gasteiger partial charge in [-0.05, 0) is 30.7 Å². The second-order valence-corrected chi connectivity index (χ2v) is 6.18. The topological polar surface area (TPSA) is 47.3 Å². The molecule has 0 amide bonds. The van der Waals surface area contributed by atoms with E-state index in [0.29, 0.717) is 17.3 Å². The third kappa shape index (κ3) is 3.71. The van der Waals surface area contributed by atoms with Crippen molar-refractivity contribution in [3.05, 3.63) is 59.4 Å². The zero-order valence-electron chi connectivity index (χ0n) is 13.7. The highest BCUT2D eigenvalue weighted by atomic mass is 35.5. The molecule has 0 spiro atoms. The minimum Gasteiger partial charge on any atom is -0.489 e. The fraction of sp³-hybridized carbons (Fsp3) is 0.316. The highest BCUT2D eigenvalue weighted by Crippen LogP contribution is 2.23. The van der Waals surface area contributed by atoms with E-state index in [0.717, 1.165) is 29.7 Å². The summed E-state index contributed by atoms with van der Waals surface area (Å²) in [5.74, 6) is 1.58. The predicted octanol–water partition coefficient (Wildman–Crippen LogP) is 4.08. The lowest BCUT2D eigenvalue weighted by atomic mass is 10.3. The summed E-state index contributed by atoms with van der Waals surface area (Å²) in [6, 6.07) is 15.3. The van der Waals surface area contributed by atoms with Gasteiger partial charge in [0.15, 0.2) is 0 Å². The van der Waals surface area contributed by atoms with Gasteiger partial charge in [0, 0.05) is 6.42 Å². The molecular weight excluding hydrogens is 324 g/mol. The largest absolute Gasteiger partial charge is 0.489 e. The van der Waals surface area contributed by atoms with Crippen molar-refractivity contribution in [3.8, 4) is 5.75 Å². The minimum absolute atomic E-state index is 0.182. The number of imidazole rings is 1. The summed E-state index contributed by atoms with van der Waals surface area (Å²) in [7, 11) is 0. The summed E-state index contributed by atoms with van der Waals surface area (Å²) in [6.07, 6.45) is 1.25. The van der Waals surface area contributed by atoms with E-state index in [-0.39, 0.29) is 6.61 Å². The van der Waals surface area contributed by atoms with Crippen molar-refractivity contribution in [3.63, 3.8) is 0 Å². The molecular formula is C19H21ClN2O2. The SMILES string of the molecule is CCCc1nc2ccccc2n1CC(O)COc1ccccc1Cl. The summed E-state index contributed by atoms with van der Waals surface area (Å²) >= 11 is 6.07. The van der Waals surface area contributed by atoms with E-state index < -0.39 is 6.10 Å². The van der Waals surface area contributed by atoms with Crippen LogP contribution in [0.2, 0.25) is 5.02 Å². The number of aliphatic hydroxyl groups is 1. The molecule has 0 bridgehead atoms. The second-order valence-electron chi connectivity index (χ2n) is 5.77. The zero-order chi connectivity index (χ0) is 16.9. The first-order valence-electron chi connectivity index (χ1n) is 8.18.